The second kappa shape index (κ2) is 6.75. The Morgan fingerprint density at radius 1 is 1.25 bits per heavy atom. The fourth-order valence-electron chi connectivity index (χ4n) is 2.67. The van der Waals surface area contributed by atoms with E-state index in [2.05, 4.69) is 48.4 Å². The van der Waals surface area contributed by atoms with E-state index in [1.165, 1.54) is 12.0 Å². The summed E-state index contributed by atoms with van der Waals surface area (Å²) >= 11 is 0. The fraction of sp³-hybridized carbons (Fsp3) is 0.526. The van der Waals surface area contributed by atoms with Gasteiger partial charge in [-0.15, -0.1) is 0 Å². The highest BCUT2D eigenvalue weighted by atomic mass is 16.5. The van der Waals surface area contributed by atoms with Crippen molar-refractivity contribution in [1.82, 2.24) is 15.5 Å². The molecule has 0 aliphatic heterocycles. The standard InChI is InChI=1S/C19H25N3O2/c1-19(2,3)14-9-7-13(8-10-14)18-21-17(24-22-18)12-11-16(23)20-15-5-4-6-15/h7-10,15H,4-6,11-12H2,1-3H3,(H,20,23). The van der Waals surface area contributed by atoms with Crippen molar-refractivity contribution in [2.24, 2.45) is 0 Å². The summed E-state index contributed by atoms with van der Waals surface area (Å²) in [6, 6.07) is 8.59. The maximum Gasteiger partial charge on any atom is 0.227 e. The van der Waals surface area contributed by atoms with Gasteiger partial charge in [0.1, 0.15) is 0 Å². The molecule has 0 unspecified atom stereocenters. The maximum atomic E-state index is 11.8. The third-order valence-corrected chi connectivity index (χ3v) is 4.51. The minimum absolute atomic E-state index is 0.0639. The molecule has 1 N–H and O–H groups in total. The summed E-state index contributed by atoms with van der Waals surface area (Å²) in [5, 5.41) is 7.04. The number of hydrogen-bond donors (Lipinski definition) is 1. The van der Waals surface area contributed by atoms with Crippen LogP contribution in [-0.4, -0.2) is 22.1 Å². The Kier molecular flexibility index (Phi) is 4.69. The molecule has 1 fully saturated rings. The second-order valence-corrected chi connectivity index (χ2v) is 7.53. The Morgan fingerprint density at radius 3 is 2.54 bits per heavy atom. The van der Waals surface area contributed by atoms with E-state index in [9.17, 15) is 4.79 Å². The molecule has 1 amide bonds. The average molecular weight is 327 g/mol. The van der Waals surface area contributed by atoms with E-state index in [1.807, 2.05) is 12.1 Å². The first-order chi connectivity index (χ1) is 11.4. The van der Waals surface area contributed by atoms with Gasteiger partial charge >= 0.3 is 0 Å². The Balaban J connectivity index is 1.57. The van der Waals surface area contributed by atoms with E-state index in [1.54, 1.807) is 0 Å². The van der Waals surface area contributed by atoms with Crippen molar-refractivity contribution < 1.29 is 9.32 Å². The third-order valence-electron chi connectivity index (χ3n) is 4.51. The molecule has 0 bridgehead atoms. The van der Waals surface area contributed by atoms with Crippen LogP contribution in [0.1, 0.15) is 57.9 Å². The number of rotatable bonds is 5. The molecular weight excluding hydrogens is 302 g/mol. The van der Waals surface area contributed by atoms with Gasteiger partial charge in [0.05, 0.1) is 0 Å². The van der Waals surface area contributed by atoms with Crippen LogP contribution in [0.4, 0.5) is 0 Å². The van der Waals surface area contributed by atoms with E-state index in [0.717, 1.165) is 18.4 Å². The molecule has 5 heteroatoms. The third kappa shape index (κ3) is 4.02. The number of aryl methyl sites for hydroxylation is 1. The highest BCUT2D eigenvalue weighted by Crippen LogP contribution is 2.25. The van der Waals surface area contributed by atoms with E-state index < -0.39 is 0 Å². The van der Waals surface area contributed by atoms with Gasteiger partial charge in [-0.2, -0.15) is 4.98 Å². The molecule has 128 valence electrons. The maximum absolute atomic E-state index is 11.8. The normalized spacial score (nSPS) is 15.1. The smallest absolute Gasteiger partial charge is 0.227 e. The lowest BCUT2D eigenvalue weighted by Crippen LogP contribution is -2.39. The van der Waals surface area contributed by atoms with Crippen LogP contribution in [0.25, 0.3) is 11.4 Å². The van der Waals surface area contributed by atoms with Crippen molar-refractivity contribution >= 4 is 5.91 Å². The van der Waals surface area contributed by atoms with Crippen LogP contribution in [0.2, 0.25) is 0 Å². The van der Waals surface area contributed by atoms with Gasteiger partial charge in [-0.25, -0.2) is 0 Å². The molecule has 1 aliphatic rings. The zero-order valence-electron chi connectivity index (χ0n) is 14.6. The van der Waals surface area contributed by atoms with Gasteiger partial charge in [-0.3, -0.25) is 4.79 Å². The summed E-state index contributed by atoms with van der Waals surface area (Å²) in [4.78, 5) is 16.2. The van der Waals surface area contributed by atoms with Crippen LogP contribution in [0, 0.1) is 0 Å². The highest BCUT2D eigenvalue weighted by molar-refractivity contribution is 5.76. The zero-order chi connectivity index (χ0) is 17.2. The predicted molar refractivity (Wildman–Crippen MR) is 92.5 cm³/mol. The van der Waals surface area contributed by atoms with Crippen molar-refractivity contribution in [1.29, 1.82) is 0 Å². The molecule has 0 saturated heterocycles. The monoisotopic (exact) mass is 327 g/mol. The van der Waals surface area contributed by atoms with Gasteiger partial charge in [0.15, 0.2) is 0 Å². The van der Waals surface area contributed by atoms with E-state index >= 15 is 0 Å². The zero-order valence-corrected chi connectivity index (χ0v) is 14.6. The summed E-state index contributed by atoms with van der Waals surface area (Å²) in [5.74, 6) is 1.15. The van der Waals surface area contributed by atoms with Gasteiger partial charge in [0, 0.05) is 24.4 Å². The SMILES string of the molecule is CC(C)(C)c1ccc(-c2noc(CCC(=O)NC3CCC3)n2)cc1. The van der Waals surface area contributed by atoms with Gasteiger partial charge in [-0.05, 0) is 30.2 Å². The lowest BCUT2D eigenvalue weighted by atomic mass is 9.87. The van der Waals surface area contributed by atoms with Crippen LogP contribution in [0.3, 0.4) is 0 Å². The van der Waals surface area contributed by atoms with Crippen LogP contribution in [-0.2, 0) is 16.6 Å². The van der Waals surface area contributed by atoms with Gasteiger partial charge < -0.3 is 9.84 Å². The van der Waals surface area contributed by atoms with E-state index in [0.29, 0.717) is 30.6 Å². The molecule has 0 atom stereocenters. The first kappa shape index (κ1) is 16.7. The Morgan fingerprint density at radius 2 is 1.96 bits per heavy atom. The summed E-state index contributed by atoms with van der Waals surface area (Å²) in [7, 11) is 0. The summed E-state index contributed by atoms with van der Waals surface area (Å²) in [6.07, 6.45) is 4.28. The number of hydrogen-bond acceptors (Lipinski definition) is 4. The molecule has 1 saturated carbocycles. The number of carbonyl (C=O) groups is 1. The van der Waals surface area contributed by atoms with Crippen molar-refractivity contribution in [3.05, 3.63) is 35.7 Å². The second-order valence-electron chi connectivity index (χ2n) is 7.53. The lowest BCUT2D eigenvalue weighted by Gasteiger charge is -2.26. The molecule has 1 heterocycles. The van der Waals surface area contributed by atoms with Crippen molar-refractivity contribution in [2.75, 3.05) is 0 Å². The minimum Gasteiger partial charge on any atom is -0.353 e. The molecule has 2 aromatic rings. The van der Waals surface area contributed by atoms with Crippen molar-refractivity contribution in [3.8, 4) is 11.4 Å². The molecular formula is C19H25N3O2. The number of aromatic nitrogens is 2. The molecule has 3 rings (SSSR count). The number of nitrogens with one attached hydrogen (secondary N) is 1. The predicted octanol–water partition coefficient (Wildman–Crippen LogP) is 3.64. The van der Waals surface area contributed by atoms with Gasteiger partial charge in [-0.1, -0.05) is 50.2 Å². The summed E-state index contributed by atoms with van der Waals surface area (Å²) in [6.45, 7) is 6.55. The van der Waals surface area contributed by atoms with Crippen LogP contribution >= 0.6 is 0 Å². The average Bonchev–Trinajstić information content (AvgIpc) is 2.97. The fourth-order valence-corrected chi connectivity index (χ4v) is 2.67. The van der Waals surface area contributed by atoms with E-state index in [4.69, 9.17) is 4.52 Å². The first-order valence-corrected chi connectivity index (χ1v) is 8.65. The first-order valence-electron chi connectivity index (χ1n) is 8.65. The van der Waals surface area contributed by atoms with Crippen molar-refractivity contribution in [3.63, 3.8) is 0 Å². The largest absolute Gasteiger partial charge is 0.353 e. The highest BCUT2D eigenvalue weighted by Gasteiger charge is 2.20. The Bertz CT molecular complexity index is 694. The summed E-state index contributed by atoms with van der Waals surface area (Å²) in [5.41, 5.74) is 2.31. The molecule has 1 aromatic heterocycles. The molecule has 1 aromatic carbocycles. The summed E-state index contributed by atoms with van der Waals surface area (Å²) < 4.78 is 5.27. The van der Waals surface area contributed by atoms with Crippen molar-refractivity contribution in [2.45, 2.75) is 64.3 Å². The van der Waals surface area contributed by atoms with Crippen LogP contribution in [0.15, 0.2) is 28.8 Å². The number of benzene rings is 1. The number of carbonyl (C=O) groups excluding carboxylic acids is 1. The Hall–Kier alpha value is -2.17. The van der Waals surface area contributed by atoms with Crippen LogP contribution < -0.4 is 5.32 Å². The lowest BCUT2D eigenvalue weighted by molar-refractivity contribution is -0.122. The van der Waals surface area contributed by atoms with Crippen LogP contribution in [0.5, 0.6) is 0 Å². The Labute approximate surface area is 142 Å². The topological polar surface area (TPSA) is 68.0 Å². The molecule has 5 nitrogen and oxygen atoms in total. The van der Waals surface area contributed by atoms with Gasteiger partial charge in [0.2, 0.25) is 17.6 Å². The molecule has 0 radical (unpaired) electrons. The minimum atomic E-state index is 0.0639. The quantitative estimate of drug-likeness (QED) is 0.910. The number of nitrogens with zero attached hydrogens (tertiary/aromatic N) is 2. The molecule has 0 spiro atoms. The molecule has 24 heavy (non-hydrogen) atoms. The molecule has 1 aliphatic carbocycles. The van der Waals surface area contributed by atoms with Gasteiger partial charge in [0.25, 0.3) is 0 Å². The van der Waals surface area contributed by atoms with E-state index in [-0.39, 0.29) is 11.3 Å². The number of amides is 1.